The van der Waals surface area contributed by atoms with Crippen LogP contribution in [0, 0.1) is 6.61 Å². The van der Waals surface area contributed by atoms with Crippen LogP contribution in [0.2, 0.25) is 0 Å². The molecule has 0 aliphatic heterocycles. The maximum Gasteiger partial charge on any atom is 0.214 e. The summed E-state index contributed by atoms with van der Waals surface area (Å²) in [6.07, 6.45) is 1.67. The molecule has 1 rings (SSSR count). The van der Waals surface area contributed by atoms with Crippen LogP contribution < -0.4 is 4.74 Å². The normalized spacial score (nSPS) is 9.00. The van der Waals surface area contributed by atoms with Crippen LogP contribution in [0.4, 0.5) is 0 Å². The predicted octanol–water partition coefficient (Wildman–Crippen LogP) is 1.52. The number of hydrogen-bond donors (Lipinski definition) is 0. The van der Waals surface area contributed by atoms with Gasteiger partial charge in [0, 0.05) is 12.3 Å². The molecule has 0 N–H and O–H groups in total. The molecule has 0 bridgehead atoms. The van der Waals surface area contributed by atoms with E-state index in [0.29, 0.717) is 5.88 Å². The molecule has 46 valence electrons. The van der Waals surface area contributed by atoms with E-state index in [4.69, 9.17) is 4.74 Å². The first-order chi connectivity index (χ1) is 4.43. The highest BCUT2D eigenvalue weighted by molar-refractivity contribution is 5.09. The summed E-state index contributed by atoms with van der Waals surface area (Å²) in [5.41, 5.74) is 0. The van der Waals surface area contributed by atoms with E-state index >= 15 is 0 Å². The van der Waals surface area contributed by atoms with Crippen molar-refractivity contribution in [3.05, 3.63) is 31.0 Å². The van der Waals surface area contributed by atoms with E-state index < -0.39 is 0 Å². The van der Waals surface area contributed by atoms with Gasteiger partial charge in [-0.2, -0.15) is 0 Å². The molecule has 0 fully saturated rings. The highest BCUT2D eigenvalue weighted by atomic mass is 16.5. The van der Waals surface area contributed by atoms with E-state index in [1.165, 1.54) is 0 Å². The van der Waals surface area contributed by atoms with Crippen molar-refractivity contribution in [1.29, 1.82) is 0 Å². The van der Waals surface area contributed by atoms with E-state index in [9.17, 15) is 0 Å². The highest BCUT2D eigenvalue weighted by Crippen LogP contribution is 2.02. The van der Waals surface area contributed by atoms with Gasteiger partial charge in [0.05, 0.1) is 0 Å². The third-order valence-corrected chi connectivity index (χ3v) is 0.844. The minimum Gasteiger partial charge on any atom is -0.462 e. The Morgan fingerprint density at radius 3 is 3.00 bits per heavy atom. The van der Waals surface area contributed by atoms with Crippen LogP contribution in [0.5, 0.6) is 5.88 Å². The van der Waals surface area contributed by atoms with Crippen LogP contribution in [0.25, 0.3) is 0 Å². The number of rotatable bonds is 2. The average molecular weight is 121 g/mol. The standard InChI is InChI=1S/C7H7NO/c1-2-9-7-5-3-4-6-8-7/h3-6H,1H3. The predicted molar refractivity (Wildman–Crippen MR) is 33.8 cm³/mol. The van der Waals surface area contributed by atoms with Crippen LogP contribution in [-0.4, -0.2) is 4.98 Å². The smallest absolute Gasteiger partial charge is 0.214 e. The van der Waals surface area contributed by atoms with E-state index in [1.807, 2.05) is 12.1 Å². The third kappa shape index (κ3) is 1.72. The first-order valence-corrected chi connectivity index (χ1v) is 2.68. The lowest BCUT2D eigenvalue weighted by atomic mass is 10.5. The Balaban J connectivity index is 2.61. The average Bonchev–Trinajstić information content (AvgIpc) is 1.91. The molecule has 2 heteroatoms. The van der Waals surface area contributed by atoms with Gasteiger partial charge in [0.15, 0.2) is 6.61 Å². The summed E-state index contributed by atoms with van der Waals surface area (Å²) in [7, 11) is 0. The molecule has 0 unspecified atom stereocenters. The van der Waals surface area contributed by atoms with Crippen molar-refractivity contribution in [1.82, 2.24) is 4.98 Å². The van der Waals surface area contributed by atoms with Gasteiger partial charge in [-0.15, -0.1) is 0 Å². The lowest BCUT2D eigenvalue weighted by Crippen LogP contribution is -1.86. The molecule has 1 aromatic heterocycles. The van der Waals surface area contributed by atoms with Gasteiger partial charge in [-0.1, -0.05) is 6.07 Å². The Labute approximate surface area is 54.5 Å². The second-order valence-corrected chi connectivity index (χ2v) is 1.47. The number of hydrogen-bond acceptors (Lipinski definition) is 2. The molecule has 0 saturated heterocycles. The number of aromatic nitrogens is 1. The molecular formula is C7H7NO. The van der Waals surface area contributed by atoms with Gasteiger partial charge in [0.25, 0.3) is 0 Å². The summed E-state index contributed by atoms with van der Waals surface area (Å²) in [4.78, 5) is 3.88. The Morgan fingerprint density at radius 1 is 1.56 bits per heavy atom. The molecule has 2 nitrogen and oxygen atoms in total. The second kappa shape index (κ2) is 3.07. The Kier molecular flexibility index (Phi) is 2.07. The SMILES string of the molecule is C[C]Oc1ccccn1. The van der Waals surface area contributed by atoms with Gasteiger partial charge in [0.2, 0.25) is 5.88 Å². The summed E-state index contributed by atoms with van der Waals surface area (Å²) in [6, 6.07) is 5.47. The zero-order chi connectivity index (χ0) is 6.53. The fourth-order valence-corrected chi connectivity index (χ4v) is 0.512. The van der Waals surface area contributed by atoms with Crippen LogP contribution in [0.3, 0.4) is 0 Å². The van der Waals surface area contributed by atoms with E-state index in [2.05, 4.69) is 11.6 Å². The molecule has 1 heterocycles. The Morgan fingerprint density at radius 2 is 2.44 bits per heavy atom. The first-order valence-electron chi connectivity index (χ1n) is 2.68. The summed E-state index contributed by atoms with van der Waals surface area (Å²) < 4.78 is 4.84. The summed E-state index contributed by atoms with van der Waals surface area (Å²) in [5.74, 6) is 0.583. The quantitative estimate of drug-likeness (QED) is 0.591. The topological polar surface area (TPSA) is 22.1 Å². The first kappa shape index (κ1) is 6.08. The molecule has 9 heavy (non-hydrogen) atoms. The fourth-order valence-electron chi connectivity index (χ4n) is 0.512. The zero-order valence-electron chi connectivity index (χ0n) is 5.16. The molecule has 1 aromatic rings. The zero-order valence-corrected chi connectivity index (χ0v) is 5.16. The Bertz CT molecular complexity index is 162. The van der Waals surface area contributed by atoms with Crippen LogP contribution in [0.1, 0.15) is 6.92 Å². The molecule has 2 radical (unpaired) electrons. The van der Waals surface area contributed by atoms with Gasteiger partial charge in [-0.25, -0.2) is 4.98 Å². The van der Waals surface area contributed by atoms with Crippen LogP contribution in [-0.2, 0) is 0 Å². The minimum atomic E-state index is 0.583. The Hall–Kier alpha value is -1.05. The largest absolute Gasteiger partial charge is 0.462 e. The summed E-state index contributed by atoms with van der Waals surface area (Å²) >= 11 is 0. The second-order valence-electron chi connectivity index (χ2n) is 1.47. The molecule has 0 amide bonds. The third-order valence-electron chi connectivity index (χ3n) is 0.844. The highest BCUT2D eigenvalue weighted by Gasteiger charge is 1.87. The van der Waals surface area contributed by atoms with Crippen LogP contribution >= 0.6 is 0 Å². The van der Waals surface area contributed by atoms with Gasteiger partial charge >= 0.3 is 0 Å². The fraction of sp³-hybridized carbons (Fsp3) is 0.143. The van der Waals surface area contributed by atoms with Crippen molar-refractivity contribution < 1.29 is 4.74 Å². The maximum absolute atomic E-state index is 4.84. The van der Waals surface area contributed by atoms with E-state index in [1.54, 1.807) is 19.2 Å². The number of ether oxygens (including phenoxy) is 1. The number of pyridine rings is 1. The van der Waals surface area contributed by atoms with E-state index in [0.717, 1.165) is 0 Å². The molecule has 0 spiro atoms. The molecule has 0 aliphatic rings. The van der Waals surface area contributed by atoms with Crippen molar-refractivity contribution in [3.63, 3.8) is 0 Å². The van der Waals surface area contributed by atoms with Crippen molar-refractivity contribution in [3.8, 4) is 5.88 Å². The van der Waals surface area contributed by atoms with Crippen molar-refractivity contribution in [2.24, 2.45) is 0 Å². The van der Waals surface area contributed by atoms with Crippen molar-refractivity contribution in [2.45, 2.75) is 6.92 Å². The van der Waals surface area contributed by atoms with Gasteiger partial charge in [0.1, 0.15) is 0 Å². The van der Waals surface area contributed by atoms with Gasteiger partial charge < -0.3 is 4.74 Å². The molecule has 0 atom stereocenters. The summed E-state index contributed by atoms with van der Waals surface area (Å²) in [6.45, 7) is 4.21. The molecule has 0 aliphatic carbocycles. The maximum atomic E-state index is 4.84. The minimum absolute atomic E-state index is 0.583. The summed E-state index contributed by atoms with van der Waals surface area (Å²) in [5, 5.41) is 0. The van der Waals surface area contributed by atoms with E-state index in [-0.39, 0.29) is 0 Å². The van der Waals surface area contributed by atoms with Crippen molar-refractivity contribution in [2.75, 3.05) is 0 Å². The molecule has 0 saturated carbocycles. The van der Waals surface area contributed by atoms with Crippen molar-refractivity contribution >= 4 is 0 Å². The lowest BCUT2D eigenvalue weighted by molar-refractivity contribution is 0.400. The lowest BCUT2D eigenvalue weighted by Gasteiger charge is -1.95. The molecule has 0 aromatic carbocycles. The van der Waals surface area contributed by atoms with Gasteiger partial charge in [-0.05, 0) is 13.0 Å². The number of nitrogens with zero attached hydrogens (tertiary/aromatic N) is 1. The van der Waals surface area contributed by atoms with Crippen LogP contribution in [0.15, 0.2) is 24.4 Å². The molecular weight excluding hydrogens is 114 g/mol. The monoisotopic (exact) mass is 121 g/mol. The van der Waals surface area contributed by atoms with Gasteiger partial charge in [-0.3, -0.25) is 0 Å².